The molecule has 1 aromatic heterocycles. The van der Waals surface area contributed by atoms with Gasteiger partial charge in [0.05, 0.1) is 12.2 Å². The number of carbonyl (C=O) groups excluding carboxylic acids is 2. The van der Waals surface area contributed by atoms with Crippen LogP contribution in [0.4, 0.5) is 5.69 Å². The van der Waals surface area contributed by atoms with Gasteiger partial charge in [-0.05, 0) is 43.3 Å². The average Bonchev–Trinajstić information content (AvgIpc) is 3.18. The Bertz CT molecular complexity index is 828. The number of hydrogen-bond donors (Lipinski definition) is 0. The zero-order valence-corrected chi connectivity index (χ0v) is 15.5. The molecule has 134 valence electrons. The summed E-state index contributed by atoms with van der Waals surface area (Å²) < 4.78 is 0. The van der Waals surface area contributed by atoms with Crippen molar-refractivity contribution >= 4 is 34.4 Å². The second-order valence-corrected chi connectivity index (χ2v) is 7.83. The first-order valence-electron chi connectivity index (χ1n) is 8.89. The van der Waals surface area contributed by atoms with Gasteiger partial charge >= 0.3 is 0 Å². The van der Waals surface area contributed by atoms with E-state index in [1.165, 1.54) is 4.88 Å². The molecule has 0 spiro atoms. The van der Waals surface area contributed by atoms with Crippen molar-refractivity contribution < 1.29 is 9.59 Å². The Morgan fingerprint density at radius 2 is 1.96 bits per heavy atom. The van der Waals surface area contributed by atoms with Crippen molar-refractivity contribution in [3.63, 3.8) is 0 Å². The molecular weight excluding hydrogens is 346 g/mol. The maximum atomic E-state index is 13.2. The van der Waals surface area contributed by atoms with Crippen molar-refractivity contribution in [1.29, 1.82) is 0 Å². The largest absolute Gasteiger partial charge is 0.329 e. The fourth-order valence-corrected chi connectivity index (χ4v) is 3.97. The SMILES string of the molecule is CC(=O)C1CC(C(=O)N(Cc2cccs2)C2CC2)=NN1c1ccccc1. The van der Waals surface area contributed by atoms with E-state index >= 15 is 0 Å². The second-order valence-electron chi connectivity index (χ2n) is 6.80. The minimum Gasteiger partial charge on any atom is -0.329 e. The summed E-state index contributed by atoms with van der Waals surface area (Å²) in [6.45, 7) is 2.18. The minimum absolute atomic E-state index is 0.0247. The van der Waals surface area contributed by atoms with E-state index in [0.29, 0.717) is 24.7 Å². The maximum absolute atomic E-state index is 13.2. The van der Waals surface area contributed by atoms with Crippen LogP contribution in [-0.4, -0.2) is 34.4 Å². The van der Waals surface area contributed by atoms with Crippen molar-refractivity contribution in [2.24, 2.45) is 5.10 Å². The monoisotopic (exact) mass is 367 g/mol. The molecule has 4 rings (SSSR count). The van der Waals surface area contributed by atoms with E-state index in [4.69, 9.17) is 0 Å². The van der Waals surface area contributed by atoms with Crippen molar-refractivity contribution in [2.45, 2.75) is 44.8 Å². The Kier molecular flexibility index (Phi) is 4.59. The highest BCUT2D eigenvalue weighted by molar-refractivity contribution is 7.09. The number of carbonyl (C=O) groups is 2. The smallest absolute Gasteiger partial charge is 0.270 e. The molecule has 0 bridgehead atoms. The summed E-state index contributed by atoms with van der Waals surface area (Å²) in [5.74, 6) is -0.0118. The molecule has 1 unspecified atom stereocenters. The second kappa shape index (κ2) is 7.03. The zero-order valence-electron chi connectivity index (χ0n) is 14.7. The number of hydrogen-bond acceptors (Lipinski definition) is 5. The van der Waals surface area contributed by atoms with Crippen LogP contribution in [0.1, 0.15) is 31.1 Å². The third kappa shape index (κ3) is 3.42. The van der Waals surface area contributed by atoms with Crippen LogP contribution in [0.25, 0.3) is 0 Å². The van der Waals surface area contributed by atoms with Crippen molar-refractivity contribution in [3.05, 3.63) is 52.7 Å². The number of ketones is 1. The number of hydrazone groups is 1. The number of para-hydroxylation sites is 1. The molecule has 1 fully saturated rings. The molecule has 1 amide bonds. The van der Waals surface area contributed by atoms with Gasteiger partial charge in [0.25, 0.3) is 5.91 Å². The summed E-state index contributed by atoms with van der Waals surface area (Å²) in [4.78, 5) is 28.4. The number of Topliss-reactive ketones (excluding diaryl/α,β-unsaturated/α-hetero) is 1. The van der Waals surface area contributed by atoms with Gasteiger partial charge in [0, 0.05) is 17.3 Å². The highest BCUT2D eigenvalue weighted by atomic mass is 32.1. The van der Waals surface area contributed by atoms with E-state index in [-0.39, 0.29) is 11.7 Å². The number of thiophene rings is 1. The van der Waals surface area contributed by atoms with Gasteiger partial charge in [0.1, 0.15) is 11.8 Å². The average molecular weight is 367 g/mol. The van der Waals surface area contributed by atoms with Gasteiger partial charge in [-0.3, -0.25) is 14.6 Å². The van der Waals surface area contributed by atoms with Crippen molar-refractivity contribution in [3.8, 4) is 0 Å². The summed E-state index contributed by atoms with van der Waals surface area (Å²) in [6, 6.07) is 13.5. The molecule has 0 N–H and O–H groups in total. The van der Waals surface area contributed by atoms with E-state index in [9.17, 15) is 9.59 Å². The number of rotatable bonds is 6. The molecule has 0 saturated heterocycles. The molecule has 1 aromatic carbocycles. The van der Waals surface area contributed by atoms with Crippen LogP contribution in [0.15, 0.2) is 52.9 Å². The molecular formula is C20H21N3O2S. The van der Waals surface area contributed by atoms with Crippen LogP contribution >= 0.6 is 11.3 Å². The van der Waals surface area contributed by atoms with E-state index in [1.54, 1.807) is 23.3 Å². The maximum Gasteiger partial charge on any atom is 0.270 e. The Balaban J connectivity index is 1.59. The molecule has 1 aliphatic carbocycles. The van der Waals surface area contributed by atoms with Gasteiger partial charge in [-0.25, -0.2) is 0 Å². The van der Waals surface area contributed by atoms with Crippen LogP contribution in [0.2, 0.25) is 0 Å². The van der Waals surface area contributed by atoms with E-state index in [2.05, 4.69) is 11.2 Å². The van der Waals surface area contributed by atoms with Crippen LogP contribution in [0, 0.1) is 0 Å². The predicted molar refractivity (Wildman–Crippen MR) is 103 cm³/mol. The molecule has 0 radical (unpaired) electrons. The van der Waals surface area contributed by atoms with Crippen molar-refractivity contribution in [1.82, 2.24) is 4.90 Å². The van der Waals surface area contributed by atoms with Gasteiger partial charge < -0.3 is 4.90 Å². The third-order valence-electron chi connectivity index (χ3n) is 4.80. The van der Waals surface area contributed by atoms with E-state index < -0.39 is 6.04 Å². The first kappa shape index (κ1) is 17.0. The molecule has 1 saturated carbocycles. The van der Waals surface area contributed by atoms with Gasteiger partial charge in [-0.1, -0.05) is 24.3 Å². The first-order valence-corrected chi connectivity index (χ1v) is 9.77. The van der Waals surface area contributed by atoms with Gasteiger partial charge in [0.15, 0.2) is 5.78 Å². The third-order valence-corrected chi connectivity index (χ3v) is 5.66. The lowest BCUT2D eigenvalue weighted by Gasteiger charge is -2.21. The summed E-state index contributed by atoms with van der Waals surface area (Å²) in [7, 11) is 0. The molecule has 2 aliphatic rings. The highest BCUT2D eigenvalue weighted by Crippen LogP contribution is 2.32. The molecule has 26 heavy (non-hydrogen) atoms. The highest BCUT2D eigenvalue weighted by Gasteiger charge is 2.40. The van der Waals surface area contributed by atoms with E-state index in [0.717, 1.165) is 18.5 Å². The first-order chi connectivity index (χ1) is 12.6. The summed E-state index contributed by atoms with van der Waals surface area (Å²) in [5, 5.41) is 8.29. The Labute approximate surface area is 156 Å². The minimum atomic E-state index is -0.404. The van der Waals surface area contributed by atoms with Crippen LogP contribution < -0.4 is 5.01 Å². The lowest BCUT2D eigenvalue weighted by atomic mass is 10.1. The number of amides is 1. The van der Waals surface area contributed by atoms with Gasteiger partial charge in [-0.15, -0.1) is 11.3 Å². The quantitative estimate of drug-likeness (QED) is 0.786. The summed E-state index contributed by atoms with van der Waals surface area (Å²) in [5.41, 5.74) is 1.32. The Morgan fingerprint density at radius 3 is 2.58 bits per heavy atom. The Hall–Kier alpha value is -2.47. The standard InChI is InChI=1S/C20H21N3O2S/c1-14(24)19-12-18(21-23(19)16-6-3-2-4-7-16)20(25)22(15-9-10-15)13-17-8-5-11-26-17/h2-8,11,15,19H,9-10,12-13H2,1H3. The lowest BCUT2D eigenvalue weighted by Crippen LogP contribution is -2.38. The topological polar surface area (TPSA) is 53.0 Å². The fraction of sp³-hybridized carbons (Fsp3) is 0.350. The summed E-state index contributed by atoms with van der Waals surface area (Å²) in [6.07, 6.45) is 2.46. The predicted octanol–water partition coefficient (Wildman–Crippen LogP) is 3.46. The zero-order chi connectivity index (χ0) is 18.1. The molecule has 2 aromatic rings. The number of benzene rings is 1. The molecule has 6 heteroatoms. The Morgan fingerprint density at radius 1 is 1.19 bits per heavy atom. The molecule has 5 nitrogen and oxygen atoms in total. The summed E-state index contributed by atoms with van der Waals surface area (Å²) >= 11 is 1.66. The van der Waals surface area contributed by atoms with Crippen LogP contribution in [-0.2, 0) is 16.1 Å². The fourth-order valence-electron chi connectivity index (χ4n) is 3.26. The number of anilines is 1. The lowest BCUT2D eigenvalue weighted by molar-refractivity contribution is -0.125. The molecule has 1 aliphatic heterocycles. The van der Waals surface area contributed by atoms with Crippen LogP contribution in [0.3, 0.4) is 0 Å². The molecule has 2 heterocycles. The normalized spacial score (nSPS) is 19.3. The van der Waals surface area contributed by atoms with E-state index in [1.807, 2.05) is 46.7 Å². The van der Waals surface area contributed by atoms with Gasteiger partial charge in [0.2, 0.25) is 0 Å². The van der Waals surface area contributed by atoms with Crippen LogP contribution in [0.5, 0.6) is 0 Å². The van der Waals surface area contributed by atoms with Gasteiger partial charge in [-0.2, -0.15) is 5.10 Å². The number of nitrogens with zero attached hydrogens (tertiary/aromatic N) is 3. The van der Waals surface area contributed by atoms with Crippen molar-refractivity contribution in [2.75, 3.05) is 5.01 Å². The molecule has 1 atom stereocenters.